The van der Waals surface area contributed by atoms with Crippen LogP contribution in [0.25, 0.3) is 0 Å². The zero-order chi connectivity index (χ0) is 14.8. The molecule has 2 fully saturated rings. The third kappa shape index (κ3) is 6.11. The number of aliphatic hydroxyl groups is 3. The van der Waals surface area contributed by atoms with Gasteiger partial charge in [-0.2, -0.15) is 0 Å². The largest absolute Gasteiger partial charge is 0.396 e. The first-order valence-electron chi connectivity index (χ1n) is 8.55. The minimum atomic E-state index is -0.127. The van der Waals surface area contributed by atoms with E-state index in [1.54, 1.807) is 0 Å². The fourth-order valence-electron chi connectivity index (χ4n) is 3.51. The summed E-state index contributed by atoms with van der Waals surface area (Å²) in [6.07, 6.45) is 12.9. The van der Waals surface area contributed by atoms with Gasteiger partial charge in [-0.25, -0.2) is 0 Å². The molecule has 0 aromatic rings. The van der Waals surface area contributed by atoms with Crippen LogP contribution in [0.5, 0.6) is 0 Å². The van der Waals surface area contributed by atoms with Crippen LogP contribution in [0, 0.1) is 11.3 Å². The molecule has 0 saturated heterocycles. The van der Waals surface area contributed by atoms with E-state index in [4.69, 9.17) is 10.2 Å². The molecule has 0 aliphatic heterocycles. The van der Waals surface area contributed by atoms with Crippen molar-refractivity contribution in [1.82, 2.24) is 0 Å². The van der Waals surface area contributed by atoms with Crippen LogP contribution in [-0.2, 0) is 0 Å². The lowest BCUT2D eigenvalue weighted by atomic mass is 9.75. The lowest BCUT2D eigenvalue weighted by molar-refractivity contribution is 0.0234. The Morgan fingerprint density at radius 3 is 1.85 bits per heavy atom. The van der Waals surface area contributed by atoms with Crippen LogP contribution in [0.3, 0.4) is 0 Å². The second-order valence-corrected chi connectivity index (χ2v) is 6.84. The highest BCUT2D eigenvalue weighted by Crippen LogP contribution is 2.34. The maximum atomic E-state index is 9.20. The molecular formula is C17H34O3. The quantitative estimate of drug-likeness (QED) is 0.743. The summed E-state index contributed by atoms with van der Waals surface area (Å²) in [4.78, 5) is 0. The van der Waals surface area contributed by atoms with E-state index in [1.807, 2.05) is 0 Å². The van der Waals surface area contributed by atoms with Gasteiger partial charge in [0, 0.05) is 5.41 Å². The Morgan fingerprint density at radius 2 is 1.45 bits per heavy atom. The molecule has 3 N–H and O–H groups in total. The summed E-state index contributed by atoms with van der Waals surface area (Å²) in [6.45, 7) is 2.55. The van der Waals surface area contributed by atoms with Gasteiger partial charge < -0.3 is 15.3 Å². The summed E-state index contributed by atoms with van der Waals surface area (Å²) >= 11 is 0. The van der Waals surface area contributed by atoms with E-state index in [-0.39, 0.29) is 24.7 Å². The van der Waals surface area contributed by atoms with Crippen LogP contribution in [0.2, 0.25) is 0 Å². The topological polar surface area (TPSA) is 60.7 Å². The zero-order valence-corrected chi connectivity index (χ0v) is 13.2. The number of aliphatic hydroxyl groups excluding tert-OH is 3. The van der Waals surface area contributed by atoms with Gasteiger partial charge in [0.05, 0.1) is 19.3 Å². The van der Waals surface area contributed by atoms with Crippen molar-refractivity contribution < 1.29 is 15.3 Å². The van der Waals surface area contributed by atoms with E-state index in [0.29, 0.717) is 0 Å². The van der Waals surface area contributed by atoms with Gasteiger partial charge in [-0.05, 0) is 44.4 Å². The first-order chi connectivity index (χ1) is 9.65. The first kappa shape index (κ1) is 17.9. The van der Waals surface area contributed by atoms with E-state index in [9.17, 15) is 5.11 Å². The first-order valence-corrected chi connectivity index (χ1v) is 8.55. The van der Waals surface area contributed by atoms with Crippen LogP contribution in [0.15, 0.2) is 0 Å². The van der Waals surface area contributed by atoms with Crippen molar-refractivity contribution in [2.24, 2.45) is 11.3 Å². The highest BCUT2D eigenvalue weighted by Gasteiger charge is 2.30. The van der Waals surface area contributed by atoms with Crippen molar-refractivity contribution in [2.45, 2.75) is 83.7 Å². The van der Waals surface area contributed by atoms with Crippen LogP contribution >= 0.6 is 0 Å². The molecular weight excluding hydrogens is 252 g/mol. The van der Waals surface area contributed by atoms with Gasteiger partial charge in [0.15, 0.2) is 0 Å². The molecule has 2 aliphatic rings. The normalized spacial score (nSPS) is 29.4. The second kappa shape index (κ2) is 9.75. The smallest absolute Gasteiger partial charge is 0.0540 e. The summed E-state index contributed by atoms with van der Waals surface area (Å²) in [6, 6.07) is 0. The minimum absolute atomic E-state index is 0.0214. The predicted octanol–water partition coefficient (Wildman–Crippen LogP) is 3.26. The Balaban J connectivity index is 0.000000200. The van der Waals surface area contributed by atoms with Crippen molar-refractivity contribution in [3.63, 3.8) is 0 Å². The summed E-state index contributed by atoms with van der Waals surface area (Å²) in [5.41, 5.74) is -0.127. The number of hydrogen-bond donors (Lipinski definition) is 3. The van der Waals surface area contributed by atoms with Crippen LogP contribution in [0.1, 0.15) is 77.6 Å². The fraction of sp³-hybridized carbons (Fsp3) is 1.00. The summed E-state index contributed by atoms with van der Waals surface area (Å²) in [5.74, 6) is 0.924. The third-order valence-corrected chi connectivity index (χ3v) is 5.10. The van der Waals surface area contributed by atoms with Gasteiger partial charge in [0.1, 0.15) is 0 Å². The van der Waals surface area contributed by atoms with E-state index in [0.717, 1.165) is 31.6 Å². The van der Waals surface area contributed by atoms with Crippen molar-refractivity contribution in [3.05, 3.63) is 0 Å². The van der Waals surface area contributed by atoms with Gasteiger partial charge in [-0.15, -0.1) is 0 Å². The van der Waals surface area contributed by atoms with E-state index < -0.39 is 0 Å². The Morgan fingerprint density at radius 1 is 0.900 bits per heavy atom. The van der Waals surface area contributed by atoms with Crippen molar-refractivity contribution >= 4 is 0 Å². The maximum Gasteiger partial charge on any atom is 0.0540 e. The summed E-state index contributed by atoms with van der Waals surface area (Å²) in [5, 5.41) is 27.2. The maximum absolute atomic E-state index is 9.20. The molecule has 0 atom stereocenters. The van der Waals surface area contributed by atoms with Gasteiger partial charge in [-0.3, -0.25) is 0 Å². The molecule has 0 spiro atoms. The molecule has 0 radical (unpaired) electrons. The van der Waals surface area contributed by atoms with Crippen LogP contribution in [0.4, 0.5) is 0 Å². The Labute approximate surface area is 124 Å². The SMILES string of the molecule is CCCC1CCC(O)CC1.OCC1(CO)CCCCC1. The van der Waals surface area contributed by atoms with Crippen LogP contribution in [-0.4, -0.2) is 34.6 Å². The third-order valence-electron chi connectivity index (χ3n) is 5.10. The molecule has 0 aromatic carbocycles. The van der Waals surface area contributed by atoms with Crippen LogP contribution < -0.4 is 0 Å². The Kier molecular flexibility index (Phi) is 8.74. The zero-order valence-electron chi connectivity index (χ0n) is 13.2. The van der Waals surface area contributed by atoms with Gasteiger partial charge in [-0.1, -0.05) is 39.0 Å². The van der Waals surface area contributed by atoms with Crippen molar-refractivity contribution in [1.29, 1.82) is 0 Å². The van der Waals surface area contributed by atoms with Crippen molar-refractivity contribution in [3.8, 4) is 0 Å². The lowest BCUT2D eigenvalue weighted by Crippen LogP contribution is -2.31. The van der Waals surface area contributed by atoms with E-state index >= 15 is 0 Å². The highest BCUT2D eigenvalue weighted by molar-refractivity contribution is 4.81. The molecule has 20 heavy (non-hydrogen) atoms. The monoisotopic (exact) mass is 286 g/mol. The second-order valence-electron chi connectivity index (χ2n) is 6.84. The highest BCUT2D eigenvalue weighted by atomic mass is 16.3. The Bertz CT molecular complexity index is 222. The number of rotatable bonds is 4. The molecule has 0 heterocycles. The predicted molar refractivity (Wildman–Crippen MR) is 82.6 cm³/mol. The average Bonchev–Trinajstić information content (AvgIpc) is 2.51. The molecule has 2 aliphatic carbocycles. The molecule has 120 valence electrons. The van der Waals surface area contributed by atoms with E-state index in [1.165, 1.54) is 44.9 Å². The summed E-state index contributed by atoms with van der Waals surface area (Å²) < 4.78 is 0. The van der Waals surface area contributed by atoms with Gasteiger partial charge in [0.25, 0.3) is 0 Å². The lowest BCUT2D eigenvalue weighted by Gasteiger charge is -2.33. The van der Waals surface area contributed by atoms with Gasteiger partial charge >= 0.3 is 0 Å². The molecule has 0 amide bonds. The molecule has 3 heteroatoms. The fourth-order valence-corrected chi connectivity index (χ4v) is 3.51. The molecule has 2 rings (SSSR count). The molecule has 0 aromatic heterocycles. The molecule has 3 nitrogen and oxygen atoms in total. The molecule has 0 unspecified atom stereocenters. The number of hydrogen-bond acceptors (Lipinski definition) is 3. The standard InChI is InChI=1S/C9H18O.C8H16O2/c1-2-3-8-4-6-9(10)7-5-8;9-6-8(7-10)4-2-1-3-5-8/h8-10H,2-7H2,1H3;9-10H,1-7H2. The molecule has 0 bridgehead atoms. The Hall–Kier alpha value is -0.120. The van der Waals surface area contributed by atoms with Crippen molar-refractivity contribution in [2.75, 3.05) is 13.2 Å². The van der Waals surface area contributed by atoms with Gasteiger partial charge in [0.2, 0.25) is 0 Å². The molecule has 2 saturated carbocycles. The summed E-state index contributed by atoms with van der Waals surface area (Å²) in [7, 11) is 0. The minimum Gasteiger partial charge on any atom is -0.396 e. The average molecular weight is 286 g/mol. The van der Waals surface area contributed by atoms with E-state index in [2.05, 4.69) is 6.92 Å².